The fourth-order valence-corrected chi connectivity index (χ4v) is 5.33. The molecule has 2 atom stereocenters. The topological polar surface area (TPSA) is 116 Å². The lowest BCUT2D eigenvalue weighted by atomic mass is 9.85. The lowest BCUT2D eigenvalue weighted by Crippen LogP contribution is -2.42. The van der Waals surface area contributed by atoms with E-state index in [0.29, 0.717) is 16.9 Å². The summed E-state index contributed by atoms with van der Waals surface area (Å²) >= 11 is 0. The van der Waals surface area contributed by atoms with Crippen molar-refractivity contribution in [2.45, 2.75) is 50.4 Å². The number of aromatic amines is 2. The van der Waals surface area contributed by atoms with E-state index >= 15 is 0 Å². The smallest absolute Gasteiger partial charge is 0.313 e. The molecule has 0 radical (unpaired) electrons. The lowest BCUT2D eigenvalue weighted by Gasteiger charge is -2.23. The molecular weight excluding hydrogens is 494 g/mol. The summed E-state index contributed by atoms with van der Waals surface area (Å²) in [4.78, 5) is 47.2. The fourth-order valence-electron chi connectivity index (χ4n) is 5.33. The molecule has 1 aromatic carbocycles. The first-order chi connectivity index (χ1) is 17.9. The molecule has 3 heterocycles. The quantitative estimate of drug-likeness (QED) is 0.518. The molecule has 1 fully saturated rings. The van der Waals surface area contributed by atoms with E-state index in [4.69, 9.17) is 0 Å². The van der Waals surface area contributed by atoms with Crippen LogP contribution in [0.15, 0.2) is 51.6 Å². The van der Waals surface area contributed by atoms with Gasteiger partial charge in [0.15, 0.2) is 5.49 Å². The Hall–Kier alpha value is -4.15. The molecule has 198 valence electrons. The monoisotopic (exact) mass is 522 g/mol. The van der Waals surface area contributed by atoms with Crippen LogP contribution < -0.4 is 21.6 Å². The van der Waals surface area contributed by atoms with Gasteiger partial charge in [-0.05, 0) is 55.4 Å². The lowest BCUT2D eigenvalue weighted by molar-refractivity contribution is -0.123. The SMILES string of the molecule is C=Cn1nc(-c2c[nH]c(=O)[nH]c2=O)cc([C@H]2C[C@@H]2c2ccc3c(c2)N(CC(C)(F)F)C(=O)C3(C)C)c1=NC. The van der Waals surface area contributed by atoms with E-state index < -0.39 is 29.1 Å². The van der Waals surface area contributed by atoms with Crippen molar-refractivity contribution in [2.24, 2.45) is 4.99 Å². The summed E-state index contributed by atoms with van der Waals surface area (Å²) in [5, 5.41) is 4.45. The van der Waals surface area contributed by atoms with Crippen molar-refractivity contribution in [3.05, 3.63) is 80.1 Å². The summed E-state index contributed by atoms with van der Waals surface area (Å²) < 4.78 is 29.4. The Kier molecular flexibility index (Phi) is 5.85. The summed E-state index contributed by atoms with van der Waals surface area (Å²) in [6.07, 6.45) is 3.55. The number of halogens is 2. The van der Waals surface area contributed by atoms with E-state index in [1.54, 1.807) is 27.0 Å². The zero-order valence-electron chi connectivity index (χ0n) is 21.5. The molecule has 38 heavy (non-hydrogen) atoms. The normalized spacial score (nSPS) is 20.5. The van der Waals surface area contributed by atoms with Crippen LogP contribution in [0.2, 0.25) is 0 Å². The Bertz CT molecular complexity index is 1660. The second-order valence-corrected chi connectivity index (χ2v) is 10.5. The molecule has 1 amide bonds. The van der Waals surface area contributed by atoms with Gasteiger partial charge >= 0.3 is 5.69 Å². The van der Waals surface area contributed by atoms with Gasteiger partial charge in [0, 0.05) is 37.6 Å². The van der Waals surface area contributed by atoms with Gasteiger partial charge in [0.05, 0.1) is 23.2 Å². The second kappa shape index (κ2) is 8.71. The van der Waals surface area contributed by atoms with E-state index in [0.717, 1.165) is 30.0 Å². The van der Waals surface area contributed by atoms with Gasteiger partial charge in [0.2, 0.25) is 5.91 Å². The van der Waals surface area contributed by atoms with Crippen LogP contribution in [0, 0.1) is 0 Å². The average molecular weight is 523 g/mol. The van der Waals surface area contributed by atoms with Gasteiger partial charge in [-0.2, -0.15) is 5.10 Å². The molecule has 2 N–H and O–H groups in total. The second-order valence-electron chi connectivity index (χ2n) is 10.5. The number of nitrogens with zero attached hydrogens (tertiary/aromatic N) is 4. The first-order valence-corrected chi connectivity index (χ1v) is 12.2. The number of carbonyl (C=O) groups excluding carboxylic acids is 1. The minimum Gasteiger partial charge on any atom is -0.313 e. The highest BCUT2D eigenvalue weighted by atomic mass is 19.3. The number of fused-ring (bicyclic) bond motifs is 1. The number of benzene rings is 1. The third-order valence-electron chi connectivity index (χ3n) is 7.28. The van der Waals surface area contributed by atoms with Crippen molar-refractivity contribution >= 4 is 17.8 Å². The summed E-state index contributed by atoms with van der Waals surface area (Å²) in [6, 6.07) is 7.43. The van der Waals surface area contributed by atoms with E-state index in [9.17, 15) is 23.2 Å². The van der Waals surface area contributed by atoms with Crippen molar-refractivity contribution in [2.75, 3.05) is 18.5 Å². The molecule has 9 nitrogen and oxygen atoms in total. The molecule has 1 saturated carbocycles. The standard InChI is InChI=1S/C27H28F2N6O3/c1-6-35-22(30-5)17(11-20(33-35)18-12-31-25(38)32-23(18)36)16-10-15(16)14-7-8-19-21(9-14)34(13-27(4,28)29)24(37)26(19,2)3/h6-9,11-12,15-16H,1,10,13H2,2-5H3,(H2,31,32,36,38)/t15-,16+/m1/s1. The third kappa shape index (κ3) is 4.21. The minimum absolute atomic E-state index is 0.00715. The van der Waals surface area contributed by atoms with Crippen molar-refractivity contribution < 1.29 is 13.6 Å². The van der Waals surface area contributed by atoms with E-state index in [2.05, 4.69) is 26.6 Å². The van der Waals surface area contributed by atoms with Gasteiger partial charge in [-0.25, -0.2) is 18.3 Å². The highest BCUT2D eigenvalue weighted by Gasteiger charge is 2.48. The molecule has 5 rings (SSSR count). The van der Waals surface area contributed by atoms with E-state index in [1.807, 2.05) is 18.2 Å². The summed E-state index contributed by atoms with van der Waals surface area (Å²) in [6.45, 7) is 7.44. The summed E-state index contributed by atoms with van der Waals surface area (Å²) in [5.41, 5.74) is 2.02. The Balaban J connectivity index is 1.56. The Morgan fingerprint density at radius 2 is 1.97 bits per heavy atom. The van der Waals surface area contributed by atoms with Gasteiger partial charge in [-0.15, -0.1) is 0 Å². The van der Waals surface area contributed by atoms with Crippen LogP contribution >= 0.6 is 0 Å². The molecule has 0 saturated heterocycles. The Labute approximate surface area is 216 Å². The summed E-state index contributed by atoms with van der Waals surface area (Å²) in [5.74, 6) is -3.32. The molecule has 0 bridgehead atoms. The van der Waals surface area contributed by atoms with Crippen molar-refractivity contribution in [3.8, 4) is 11.3 Å². The van der Waals surface area contributed by atoms with Crippen molar-refractivity contribution in [1.29, 1.82) is 0 Å². The van der Waals surface area contributed by atoms with Crippen LogP contribution in [0.3, 0.4) is 0 Å². The molecule has 2 aliphatic rings. The molecule has 3 aromatic rings. The predicted molar refractivity (Wildman–Crippen MR) is 139 cm³/mol. The third-order valence-corrected chi connectivity index (χ3v) is 7.28. The molecule has 2 aromatic heterocycles. The highest BCUT2D eigenvalue weighted by molar-refractivity contribution is 6.07. The molecule has 11 heteroatoms. The van der Waals surface area contributed by atoms with Crippen LogP contribution in [0.5, 0.6) is 0 Å². The maximum atomic E-state index is 14.0. The van der Waals surface area contributed by atoms with E-state index in [-0.39, 0.29) is 23.3 Å². The van der Waals surface area contributed by atoms with E-state index in [1.165, 1.54) is 22.0 Å². The van der Waals surface area contributed by atoms with Gasteiger partial charge < -0.3 is 9.88 Å². The van der Waals surface area contributed by atoms with Crippen molar-refractivity contribution in [3.63, 3.8) is 0 Å². The van der Waals surface area contributed by atoms with Gasteiger partial charge in [0.1, 0.15) is 0 Å². The van der Waals surface area contributed by atoms with Crippen LogP contribution in [-0.4, -0.2) is 45.2 Å². The number of H-pyrrole nitrogens is 2. The van der Waals surface area contributed by atoms with Crippen LogP contribution in [-0.2, 0) is 10.2 Å². The zero-order valence-corrected chi connectivity index (χ0v) is 21.5. The van der Waals surface area contributed by atoms with Crippen LogP contribution in [0.4, 0.5) is 14.5 Å². The average Bonchev–Trinajstić information content (AvgIpc) is 3.63. The highest BCUT2D eigenvalue weighted by Crippen LogP contribution is 2.55. The maximum Gasteiger partial charge on any atom is 0.325 e. The molecular formula is C27H28F2N6O3. The maximum absolute atomic E-state index is 14.0. The number of rotatable bonds is 6. The van der Waals surface area contributed by atoms with Gasteiger partial charge in [-0.1, -0.05) is 18.7 Å². The van der Waals surface area contributed by atoms with Gasteiger partial charge in [0.25, 0.3) is 11.5 Å². The number of hydrogen-bond acceptors (Lipinski definition) is 5. The molecule has 0 unspecified atom stereocenters. The molecule has 1 aliphatic heterocycles. The zero-order chi connectivity index (χ0) is 27.6. The molecule has 0 spiro atoms. The van der Waals surface area contributed by atoms with Gasteiger partial charge in [-0.3, -0.25) is 19.6 Å². The first-order valence-electron chi connectivity index (χ1n) is 12.2. The number of alkyl halides is 2. The number of nitrogens with one attached hydrogen (secondary N) is 2. The fraction of sp³-hybridized carbons (Fsp3) is 0.370. The first kappa shape index (κ1) is 25.5. The number of amides is 1. The number of anilines is 1. The van der Waals surface area contributed by atoms with Crippen LogP contribution in [0.1, 0.15) is 55.7 Å². The predicted octanol–water partition coefficient (Wildman–Crippen LogP) is 3.11. The largest absolute Gasteiger partial charge is 0.325 e. The minimum atomic E-state index is -3.03. The Morgan fingerprint density at radius 3 is 2.61 bits per heavy atom. The summed E-state index contributed by atoms with van der Waals surface area (Å²) in [7, 11) is 1.64. The Morgan fingerprint density at radius 1 is 1.24 bits per heavy atom. The van der Waals surface area contributed by atoms with Crippen LogP contribution in [0.25, 0.3) is 17.5 Å². The number of hydrogen-bond donors (Lipinski definition) is 2. The van der Waals surface area contributed by atoms with Crippen molar-refractivity contribution in [1.82, 2.24) is 19.7 Å². The number of carbonyl (C=O) groups is 1. The number of aromatic nitrogens is 4. The molecule has 1 aliphatic carbocycles.